The van der Waals surface area contributed by atoms with Crippen molar-refractivity contribution in [2.24, 2.45) is 10.9 Å². The van der Waals surface area contributed by atoms with Crippen LogP contribution in [0.25, 0.3) is 6.08 Å². The lowest BCUT2D eigenvalue weighted by atomic mass is 9.80. The summed E-state index contributed by atoms with van der Waals surface area (Å²) >= 11 is 13.6. The van der Waals surface area contributed by atoms with E-state index in [1.807, 2.05) is 59.2 Å². The lowest BCUT2D eigenvalue weighted by Crippen LogP contribution is -2.40. The minimum atomic E-state index is -0.129. The number of benzene rings is 2. The van der Waals surface area contributed by atoms with Crippen LogP contribution < -0.4 is 14.9 Å². The number of hydrogen-bond acceptors (Lipinski definition) is 3. The summed E-state index contributed by atoms with van der Waals surface area (Å²) in [4.78, 5) is 19.2. The van der Waals surface area contributed by atoms with Crippen molar-refractivity contribution in [2.45, 2.75) is 32.2 Å². The summed E-state index contributed by atoms with van der Waals surface area (Å²) in [7, 11) is 0. The zero-order valence-corrected chi connectivity index (χ0v) is 18.8. The van der Waals surface area contributed by atoms with Crippen molar-refractivity contribution >= 4 is 40.6 Å². The molecule has 0 amide bonds. The summed E-state index contributed by atoms with van der Waals surface area (Å²) in [5.74, 6) is 0.391. The third-order valence-electron chi connectivity index (χ3n) is 5.89. The van der Waals surface area contributed by atoms with Crippen molar-refractivity contribution in [3.63, 3.8) is 0 Å². The highest BCUT2D eigenvalue weighted by atomic mass is 35.5. The van der Waals surface area contributed by atoms with E-state index in [9.17, 15) is 4.79 Å². The fourth-order valence-corrected chi connectivity index (χ4v) is 5.71. The van der Waals surface area contributed by atoms with Gasteiger partial charge in [0.05, 0.1) is 10.6 Å². The number of rotatable bonds is 2. The Bertz CT molecular complexity index is 1320. The molecular formula is C24H20Cl2N2OS. The SMILES string of the molecule is C[C@@H]1CCCC2=C1[C@H](c1ccc(Cl)cc1)n1c(s/c(=C\c3ccc(Cl)cc3)c1=O)=N2. The second-order valence-electron chi connectivity index (χ2n) is 7.88. The summed E-state index contributed by atoms with van der Waals surface area (Å²) in [6.45, 7) is 2.25. The molecule has 3 aromatic rings. The third kappa shape index (κ3) is 3.47. The first kappa shape index (κ1) is 19.8. The van der Waals surface area contributed by atoms with E-state index in [2.05, 4.69) is 6.92 Å². The van der Waals surface area contributed by atoms with Crippen LogP contribution in [0.1, 0.15) is 43.4 Å². The molecule has 0 unspecified atom stereocenters. The molecule has 3 nitrogen and oxygen atoms in total. The van der Waals surface area contributed by atoms with Crippen molar-refractivity contribution in [3.8, 4) is 0 Å². The van der Waals surface area contributed by atoms with E-state index in [4.69, 9.17) is 28.2 Å². The molecule has 2 aromatic carbocycles. The normalized spacial score (nSPS) is 21.2. The van der Waals surface area contributed by atoms with Gasteiger partial charge in [0.25, 0.3) is 5.56 Å². The average Bonchev–Trinajstić information content (AvgIpc) is 3.04. The molecule has 2 heterocycles. The standard InChI is InChI=1S/C24H20Cl2N2OS/c1-14-3-2-4-19-21(14)22(16-7-11-18(26)12-8-16)28-23(29)20(30-24(28)27-19)13-15-5-9-17(25)10-6-15/h5-14,22H,2-4H2,1H3/b20-13-/t14-,22+/m1/s1. The average molecular weight is 455 g/mol. The molecule has 1 aromatic heterocycles. The Balaban J connectivity index is 1.74. The van der Waals surface area contributed by atoms with Crippen LogP contribution >= 0.6 is 34.5 Å². The largest absolute Gasteiger partial charge is 0.272 e. The number of hydrogen-bond donors (Lipinski definition) is 0. The molecule has 1 aliphatic heterocycles. The van der Waals surface area contributed by atoms with Gasteiger partial charge in [-0.3, -0.25) is 9.36 Å². The molecule has 0 fully saturated rings. The van der Waals surface area contributed by atoms with E-state index in [-0.39, 0.29) is 11.6 Å². The van der Waals surface area contributed by atoms with Gasteiger partial charge in [-0.2, -0.15) is 0 Å². The van der Waals surface area contributed by atoms with Crippen molar-refractivity contribution in [1.29, 1.82) is 0 Å². The van der Waals surface area contributed by atoms with Gasteiger partial charge in [-0.1, -0.05) is 65.7 Å². The molecule has 2 aliphatic rings. The van der Waals surface area contributed by atoms with Gasteiger partial charge in [-0.25, -0.2) is 4.99 Å². The minimum Gasteiger partial charge on any atom is -0.272 e. The molecular weight excluding hydrogens is 435 g/mol. The summed E-state index contributed by atoms with van der Waals surface area (Å²) in [5.41, 5.74) is 4.44. The second kappa shape index (κ2) is 7.84. The zero-order valence-electron chi connectivity index (χ0n) is 16.4. The quantitative estimate of drug-likeness (QED) is 0.514. The van der Waals surface area contributed by atoms with Crippen LogP contribution in [0.3, 0.4) is 0 Å². The lowest BCUT2D eigenvalue weighted by molar-refractivity contribution is 0.447. The molecule has 30 heavy (non-hydrogen) atoms. The van der Waals surface area contributed by atoms with Crippen LogP contribution in [0.5, 0.6) is 0 Å². The van der Waals surface area contributed by atoms with Gasteiger partial charge >= 0.3 is 0 Å². The number of thiazole rings is 1. The number of aromatic nitrogens is 1. The number of fused-ring (bicyclic) bond motifs is 1. The van der Waals surface area contributed by atoms with E-state index < -0.39 is 0 Å². The van der Waals surface area contributed by atoms with Crippen molar-refractivity contribution in [3.05, 3.63) is 101 Å². The summed E-state index contributed by atoms with van der Waals surface area (Å²) < 4.78 is 2.55. The van der Waals surface area contributed by atoms with Crippen molar-refractivity contribution in [2.75, 3.05) is 0 Å². The number of halogens is 2. The van der Waals surface area contributed by atoms with Crippen LogP contribution in [0.2, 0.25) is 10.0 Å². The monoisotopic (exact) mass is 454 g/mol. The number of allylic oxidation sites excluding steroid dienone is 2. The Morgan fingerprint density at radius 2 is 1.73 bits per heavy atom. The first-order valence-electron chi connectivity index (χ1n) is 10.1. The Hall–Kier alpha value is -2.14. The highest BCUT2D eigenvalue weighted by molar-refractivity contribution is 7.07. The van der Waals surface area contributed by atoms with E-state index in [1.165, 1.54) is 16.9 Å². The molecule has 152 valence electrons. The van der Waals surface area contributed by atoms with E-state index in [0.717, 1.165) is 40.9 Å². The van der Waals surface area contributed by atoms with Gasteiger partial charge in [0.1, 0.15) is 0 Å². The molecule has 0 spiro atoms. The van der Waals surface area contributed by atoms with Gasteiger partial charge < -0.3 is 0 Å². The Kier molecular flexibility index (Phi) is 5.18. The van der Waals surface area contributed by atoms with Crippen molar-refractivity contribution < 1.29 is 0 Å². The topological polar surface area (TPSA) is 34.4 Å². The van der Waals surface area contributed by atoms with Crippen LogP contribution in [-0.2, 0) is 0 Å². The molecule has 0 saturated heterocycles. The Labute approximate surface area is 188 Å². The van der Waals surface area contributed by atoms with Gasteiger partial charge in [0.15, 0.2) is 4.80 Å². The lowest BCUT2D eigenvalue weighted by Gasteiger charge is -2.33. The molecule has 2 atom stereocenters. The Morgan fingerprint density at radius 1 is 1.07 bits per heavy atom. The summed E-state index contributed by atoms with van der Waals surface area (Å²) in [5, 5.41) is 1.37. The summed E-state index contributed by atoms with van der Waals surface area (Å²) in [6.07, 6.45) is 5.14. The van der Waals surface area contributed by atoms with Gasteiger partial charge in [-0.15, -0.1) is 0 Å². The fourth-order valence-electron chi connectivity index (χ4n) is 4.44. The molecule has 5 rings (SSSR count). The minimum absolute atomic E-state index is 0.00188. The second-order valence-corrected chi connectivity index (χ2v) is 9.76. The first-order valence-corrected chi connectivity index (χ1v) is 11.6. The molecule has 0 bridgehead atoms. The molecule has 1 aliphatic carbocycles. The molecule has 0 radical (unpaired) electrons. The fraction of sp³-hybridized carbons (Fsp3) is 0.250. The van der Waals surface area contributed by atoms with Gasteiger partial charge in [0.2, 0.25) is 0 Å². The van der Waals surface area contributed by atoms with Crippen LogP contribution in [0, 0.1) is 5.92 Å². The van der Waals surface area contributed by atoms with Crippen molar-refractivity contribution in [1.82, 2.24) is 4.57 Å². The zero-order chi connectivity index (χ0) is 20.8. The van der Waals surface area contributed by atoms with Crippen LogP contribution in [0.4, 0.5) is 0 Å². The smallest absolute Gasteiger partial charge is 0.271 e. The maximum atomic E-state index is 13.5. The Morgan fingerprint density at radius 3 is 2.43 bits per heavy atom. The van der Waals surface area contributed by atoms with E-state index >= 15 is 0 Å². The van der Waals surface area contributed by atoms with E-state index in [1.54, 1.807) is 0 Å². The van der Waals surface area contributed by atoms with Crippen LogP contribution in [0.15, 0.2) is 69.6 Å². The maximum absolute atomic E-state index is 13.5. The predicted molar refractivity (Wildman–Crippen MR) is 124 cm³/mol. The number of nitrogens with zero attached hydrogens (tertiary/aromatic N) is 2. The van der Waals surface area contributed by atoms with Gasteiger partial charge in [0, 0.05) is 15.7 Å². The summed E-state index contributed by atoms with van der Waals surface area (Å²) in [6, 6.07) is 15.2. The molecule has 0 saturated carbocycles. The van der Waals surface area contributed by atoms with E-state index in [0.29, 0.717) is 20.5 Å². The molecule has 0 N–H and O–H groups in total. The van der Waals surface area contributed by atoms with Crippen LogP contribution in [-0.4, -0.2) is 4.57 Å². The van der Waals surface area contributed by atoms with Gasteiger partial charge in [-0.05, 0) is 72.2 Å². The highest BCUT2D eigenvalue weighted by Gasteiger charge is 2.33. The first-order chi connectivity index (χ1) is 14.5. The highest BCUT2D eigenvalue weighted by Crippen LogP contribution is 2.41. The maximum Gasteiger partial charge on any atom is 0.271 e. The molecule has 6 heteroatoms. The predicted octanol–water partition coefficient (Wildman–Crippen LogP) is 5.34. The third-order valence-corrected chi connectivity index (χ3v) is 7.38.